The molecule has 0 spiro atoms. The van der Waals surface area contributed by atoms with Crippen LogP contribution in [-0.2, 0) is 9.31 Å². The smallest absolute Gasteiger partial charge is 0.400 e. The van der Waals surface area contributed by atoms with Crippen LogP contribution in [0.3, 0.4) is 0 Å². The van der Waals surface area contributed by atoms with Crippen LogP contribution in [0.1, 0.15) is 48.0 Å². The second kappa shape index (κ2) is 4.66. The first kappa shape index (κ1) is 14.1. The molecule has 0 atom stereocenters. The number of likely N-dealkylation sites (tertiary alicyclic amines) is 1. The maximum absolute atomic E-state index is 6.00. The number of rotatable bonds is 2. The third-order valence-corrected chi connectivity index (χ3v) is 4.50. The molecule has 2 aliphatic rings. The van der Waals surface area contributed by atoms with E-state index in [-0.39, 0.29) is 18.3 Å². The van der Waals surface area contributed by atoms with E-state index in [1.165, 1.54) is 5.57 Å². The van der Waals surface area contributed by atoms with Gasteiger partial charge in [0.05, 0.1) is 11.2 Å². The molecule has 102 valence electrons. The summed E-state index contributed by atoms with van der Waals surface area (Å²) in [6.45, 7) is 15.1. The van der Waals surface area contributed by atoms with Crippen LogP contribution in [0.15, 0.2) is 11.5 Å². The summed E-state index contributed by atoms with van der Waals surface area (Å²) in [6, 6.07) is 0.620. The van der Waals surface area contributed by atoms with E-state index in [1.807, 2.05) is 0 Å². The summed E-state index contributed by atoms with van der Waals surface area (Å²) in [6.07, 6.45) is 1.14. The quantitative estimate of drug-likeness (QED) is 0.704. The summed E-state index contributed by atoms with van der Waals surface area (Å²) < 4.78 is 12.0. The van der Waals surface area contributed by atoms with Gasteiger partial charge in [-0.1, -0.05) is 11.5 Å². The van der Waals surface area contributed by atoms with Crippen LogP contribution in [0.2, 0.25) is 0 Å². The Hall–Kier alpha value is -0.315. The summed E-state index contributed by atoms with van der Waals surface area (Å²) in [7, 11) is -0.183. The molecule has 18 heavy (non-hydrogen) atoms. The second-order valence-electron chi connectivity index (χ2n) is 6.76. The highest BCUT2D eigenvalue weighted by Crippen LogP contribution is 2.37. The molecule has 2 aliphatic heterocycles. The topological polar surface area (TPSA) is 21.7 Å². The van der Waals surface area contributed by atoms with Crippen LogP contribution in [0.4, 0.5) is 0 Å². The Labute approximate surface area is 112 Å². The monoisotopic (exact) mass is 251 g/mol. The zero-order valence-electron chi connectivity index (χ0n) is 12.6. The standard InChI is InChI=1S/C14H26BNO2/c1-11(2)16-8-7-12(10-16)9-15-17-13(3,4)14(5,6)18-15/h9,11H,7-8,10H2,1-6H3/b12-9+. The lowest BCUT2D eigenvalue weighted by atomic mass is 9.87. The predicted octanol–water partition coefficient (Wildman–Crippen LogP) is 2.66. The van der Waals surface area contributed by atoms with Gasteiger partial charge in [-0.25, -0.2) is 0 Å². The second-order valence-corrected chi connectivity index (χ2v) is 6.76. The van der Waals surface area contributed by atoms with Crippen molar-refractivity contribution in [1.29, 1.82) is 0 Å². The molecule has 0 aromatic heterocycles. The average molecular weight is 251 g/mol. The Morgan fingerprint density at radius 1 is 1.17 bits per heavy atom. The Morgan fingerprint density at radius 2 is 1.72 bits per heavy atom. The van der Waals surface area contributed by atoms with E-state index < -0.39 is 0 Å². The fourth-order valence-corrected chi connectivity index (χ4v) is 2.43. The molecule has 4 heteroatoms. The molecule has 2 heterocycles. The van der Waals surface area contributed by atoms with Gasteiger partial charge in [0.1, 0.15) is 0 Å². The van der Waals surface area contributed by atoms with E-state index in [9.17, 15) is 0 Å². The highest BCUT2D eigenvalue weighted by Gasteiger charge is 2.50. The molecule has 0 aromatic rings. The maximum Gasteiger partial charge on any atom is 0.487 e. The van der Waals surface area contributed by atoms with Gasteiger partial charge in [-0.05, 0) is 48.0 Å². The molecule has 0 bridgehead atoms. The van der Waals surface area contributed by atoms with E-state index in [0.717, 1.165) is 19.5 Å². The van der Waals surface area contributed by atoms with Crippen molar-refractivity contribution in [2.24, 2.45) is 0 Å². The summed E-state index contributed by atoms with van der Waals surface area (Å²) in [5, 5.41) is 0. The van der Waals surface area contributed by atoms with Crippen molar-refractivity contribution < 1.29 is 9.31 Å². The van der Waals surface area contributed by atoms with Crippen molar-refractivity contribution in [3.8, 4) is 0 Å². The van der Waals surface area contributed by atoms with Crippen LogP contribution >= 0.6 is 0 Å². The summed E-state index contributed by atoms with van der Waals surface area (Å²) in [5.41, 5.74) is 0.984. The predicted molar refractivity (Wildman–Crippen MR) is 75.5 cm³/mol. The van der Waals surface area contributed by atoms with Gasteiger partial charge in [0, 0.05) is 19.1 Å². The van der Waals surface area contributed by atoms with Gasteiger partial charge in [-0.2, -0.15) is 0 Å². The Balaban J connectivity index is 2.00. The zero-order valence-corrected chi connectivity index (χ0v) is 12.6. The van der Waals surface area contributed by atoms with Crippen molar-refractivity contribution in [2.75, 3.05) is 13.1 Å². The molecule has 0 aromatic carbocycles. The molecule has 2 saturated heterocycles. The highest BCUT2D eigenvalue weighted by atomic mass is 16.7. The molecule has 0 amide bonds. The van der Waals surface area contributed by atoms with Gasteiger partial charge in [-0.15, -0.1) is 0 Å². The third-order valence-electron chi connectivity index (χ3n) is 4.50. The molecule has 0 unspecified atom stereocenters. The molecule has 0 radical (unpaired) electrons. The maximum atomic E-state index is 6.00. The van der Waals surface area contributed by atoms with Crippen LogP contribution in [-0.4, -0.2) is 42.4 Å². The first-order valence-electron chi connectivity index (χ1n) is 7.00. The zero-order chi connectivity index (χ0) is 13.6. The van der Waals surface area contributed by atoms with E-state index in [0.29, 0.717) is 6.04 Å². The minimum Gasteiger partial charge on any atom is -0.400 e. The van der Waals surface area contributed by atoms with E-state index in [4.69, 9.17) is 9.31 Å². The van der Waals surface area contributed by atoms with E-state index in [2.05, 4.69) is 52.4 Å². The minimum absolute atomic E-state index is 0.183. The van der Waals surface area contributed by atoms with Gasteiger partial charge in [0.2, 0.25) is 0 Å². The molecule has 0 saturated carbocycles. The van der Waals surface area contributed by atoms with Crippen molar-refractivity contribution in [1.82, 2.24) is 4.90 Å². The number of nitrogens with zero attached hydrogens (tertiary/aromatic N) is 1. The van der Waals surface area contributed by atoms with Crippen LogP contribution in [0.5, 0.6) is 0 Å². The van der Waals surface area contributed by atoms with Crippen LogP contribution < -0.4 is 0 Å². The Kier molecular flexibility index (Phi) is 3.65. The van der Waals surface area contributed by atoms with Gasteiger partial charge in [-0.3, -0.25) is 4.90 Å². The molecule has 2 fully saturated rings. The first-order chi connectivity index (χ1) is 8.21. The Bertz CT molecular complexity index is 334. The molecule has 2 rings (SSSR count). The fourth-order valence-electron chi connectivity index (χ4n) is 2.43. The largest absolute Gasteiger partial charge is 0.487 e. The van der Waals surface area contributed by atoms with Gasteiger partial charge < -0.3 is 9.31 Å². The first-order valence-corrected chi connectivity index (χ1v) is 7.00. The van der Waals surface area contributed by atoms with E-state index >= 15 is 0 Å². The van der Waals surface area contributed by atoms with Gasteiger partial charge >= 0.3 is 7.12 Å². The van der Waals surface area contributed by atoms with Crippen LogP contribution in [0, 0.1) is 0 Å². The van der Waals surface area contributed by atoms with Crippen molar-refractivity contribution in [3.05, 3.63) is 11.5 Å². The Morgan fingerprint density at radius 3 is 2.17 bits per heavy atom. The summed E-state index contributed by atoms with van der Waals surface area (Å²) >= 11 is 0. The van der Waals surface area contributed by atoms with Crippen molar-refractivity contribution >= 4 is 7.12 Å². The van der Waals surface area contributed by atoms with Crippen molar-refractivity contribution in [3.63, 3.8) is 0 Å². The summed E-state index contributed by atoms with van der Waals surface area (Å²) in [5.74, 6) is 2.18. The van der Waals surface area contributed by atoms with E-state index in [1.54, 1.807) is 0 Å². The fraction of sp³-hybridized carbons (Fsp3) is 0.857. The van der Waals surface area contributed by atoms with Crippen LogP contribution in [0.25, 0.3) is 0 Å². The lowest BCUT2D eigenvalue weighted by Crippen LogP contribution is -2.41. The van der Waals surface area contributed by atoms with Gasteiger partial charge in [0.25, 0.3) is 0 Å². The molecular formula is C14H26BNO2. The molecule has 0 N–H and O–H groups in total. The molecule has 0 aliphatic carbocycles. The van der Waals surface area contributed by atoms with Crippen molar-refractivity contribution in [2.45, 2.75) is 65.2 Å². The number of hydrogen-bond acceptors (Lipinski definition) is 3. The SMILES string of the molecule is CC(C)N1CC/C(=C\B2OC(C)(C)C(C)(C)O2)C1. The average Bonchev–Trinajstić information content (AvgIpc) is 2.70. The van der Waals surface area contributed by atoms with Gasteiger partial charge in [0.15, 0.2) is 0 Å². The number of hydrogen-bond donors (Lipinski definition) is 0. The normalized spacial score (nSPS) is 29.7. The molecule has 3 nitrogen and oxygen atoms in total. The lowest BCUT2D eigenvalue weighted by Gasteiger charge is -2.32. The highest BCUT2D eigenvalue weighted by molar-refractivity contribution is 6.51. The lowest BCUT2D eigenvalue weighted by molar-refractivity contribution is 0.00578. The third kappa shape index (κ3) is 2.66. The molecular weight excluding hydrogens is 225 g/mol. The summed E-state index contributed by atoms with van der Waals surface area (Å²) in [4.78, 5) is 2.48. The minimum atomic E-state index is -0.231.